The van der Waals surface area contributed by atoms with Gasteiger partial charge in [-0.15, -0.1) is 0 Å². The highest BCUT2D eigenvalue weighted by molar-refractivity contribution is 5.73. The lowest BCUT2D eigenvalue weighted by Gasteiger charge is -2.16. The van der Waals surface area contributed by atoms with Crippen molar-refractivity contribution in [1.29, 1.82) is 0 Å². The van der Waals surface area contributed by atoms with E-state index in [1.54, 1.807) is 26.2 Å². The summed E-state index contributed by atoms with van der Waals surface area (Å²) in [7, 11) is 4.20. The number of phenolic OH excluding ortho intramolecular Hbond substituents is 6. The average Bonchev–Trinajstić information content (AvgIpc) is 3.05. The van der Waals surface area contributed by atoms with Crippen LogP contribution in [0.4, 0.5) is 0 Å². The van der Waals surface area contributed by atoms with Crippen LogP contribution in [-0.4, -0.2) is 94.1 Å². The summed E-state index contributed by atoms with van der Waals surface area (Å²) in [5.74, 6) is -0.140. The number of nitrogens with zero attached hydrogens (tertiary/aromatic N) is 1. The van der Waals surface area contributed by atoms with E-state index in [1.807, 2.05) is 0 Å². The molecule has 0 aliphatic heterocycles. The molecule has 0 atom stereocenters. The number of rotatable bonds is 4. The van der Waals surface area contributed by atoms with E-state index in [1.165, 1.54) is 85.5 Å². The summed E-state index contributed by atoms with van der Waals surface area (Å²) in [6.45, 7) is 2.65. The van der Waals surface area contributed by atoms with Crippen molar-refractivity contribution in [2.75, 3.05) is 21.2 Å². The Balaban J connectivity index is 0. The number of nitrogens with one attached hydrogen (secondary N) is 1. The minimum atomic E-state index is -0.349. The van der Waals surface area contributed by atoms with Crippen LogP contribution in [0.1, 0.15) is 30.5 Å². The summed E-state index contributed by atoms with van der Waals surface area (Å²) >= 11 is 0. The van der Waals surface area contributed by atoms with Gasteiger partial charge in [-0.25, -0.2) is 0 Å². The number of carbonyl (C=O) groups excluding carboxylic acids is 2. The number of hydrogen-bond acceptors (Lipinski definition) is 12. The van der Waals surface area contributed by atoms with E-state index in [4.69, 9.17) is 46.0 Å². The third kappa shape index (κ3) is 18.7. The first kappa shape index (κ1) is 45.2. The van der Waals surface area contributed by atoms with Crippen molar-refractivity contribution in [2.24, 2.45) is 0 Å². The predicted molar refractivity (Wildman–Crippen MR) is 182 cm³/mol. The van der Waals surface area contributed by atoms with Gasteiger partial charge >= 0.3 is 0 Å². The molecule has 0 radical (unpaired) electrons. The second-order valence-corrected chi connectivity index (χ2v) is 9.36. The molecule has 0 saturated heterocycles. The lowest BCUT2D eigenvalue weighted by atomic mass is 10.1. The molecule has 0 aromatic heterocycles. The van der Waals surface area contributed by atoms with Crippen LogP contribution in [-0.2, 0) is 29.3 Å². The zero-order valence-corrected chi connectivity index (χ0v) is 27.9. The molecule has 0 unspecified atom stereocenters. The number of carbonyl (C=O) groups is 2. The summed E-state index contributed by atoms with van der Waals surface area (Å²) in [5.41, 5.74) is 0.815. The summed E-state index contributed by atoms with van der Waals surface area (Å²) in [5, 5.41) is 97.0. The van der Waals surface area contributed by atoms with Gasteiger partial charge < -0.3 is 66.4 Å². The molecule has 0 aliphatic rings. The van der Waals surface area contributed by atoms with Crippen LogP contribution in [0, 0.1) is 0 Å². The molecular weight excluding hydrogens is 644 g/mol. The molecule has 0 spiro atoms. The molecule has 15 heteroatoms. The first-order chi connectivity index (χ1) is 23.1. The SMILES string of the molecule is CC(=O)N(C)Cc1c(O)cccc1O.CNC(C)=O.CO.OCc1c(O)cccc1O.Oc1cccc(O)c1.Oc1cccc(O)c1C[OH2+]. The van der Waals surface area contributed by atoms with Gasteiger partial charge in [-0.2, -0.15) is 0 Å². The van der Waals surface area contributed by atoms with Gasteiger partial charge in [-0.3, -0.25) is 9.59 Å². The summed E-state index contributed by atoms with van der Waals surface area (Å²) < 4.78 is 0. The smallest absolute Gasteiger partial charge is 0.219 e. The zero-order valence-electron chi connectivity index (χ0n) is 27.9. The predicted octanol–water partition coefficient (Wildman–Crippen LogP) is 2.45. The number of hydrogen-bond donors (Lipinski definition) is 11. The molecule has 0 bridgehead atoms. The maximum absolute atomic E-state index is 10.9. The van der Waals surface area contributed by atoms with Gasteiger partial charge in [0.2, 0.25) is 11.8 Å². The Kier molecular flexibility index (Phi) is 23.3. The monoisotopic (exact) mass is 691 g/mol. The Morgan fingerprint density at radius 2 is 0.939 bits per heavy atom. The first-order valence-electron chi connectivity index (χ1n) is 14.2. The minimum Gasteiger partial charge on any atom is -0.508 e. The maximum atomic E-state index is 10.9. The van der Waals surface area contributed by atoms with Crippen LogP contribution in [0.3, 0.4) is 0 Å². The topological polar surface area (TPSA) is 275 Å². The van der Waals surface area contributed by atoms with Crippen LogP contribution in [0.15, 0.2) is 78.9 Å². The van der Waals surface area contributed by atoms with Crippen molar-refractivity contribution in [3.63, 3.8) is 0 Å². The number of benzene rings is 4. The highest BCUT2D eigenvalue weighted by Gasteiger charge is 2.11. The molecule has 13 N–H and O–H groups in total. The Morgan fingerprint density at radius 1 is 0.633 bits per heavy atom. The minimum absolute atomic E-state index is 0.00176. The maximum Gasteiger partial charge on any atom is 0.219 e. The Morgan fingerprint density at radius 3 is 1.14 bits per heavy atom. The fourth-order valence-corrected chi connectivity index (χ4v) is 3.04. The molecule has 0 fully saturated rings. The second kappa shape index (κ2) is 25.2. The molecule has 2 amide bonds. The molecule has 270 valence electrons. The van der Waals surface area contributed by atoms with E-state index < -0.39 is 0 Å². The van der Waals surface area contributed by atoms with Gasteiger partial charge in [0.1, 0.15) is 51.6 Å². The standard InChI is InChI=1S/C10H13NO3.2C7H8O3.C6H6O2.C3H7NO.CH4O/c1-7(12)11(2)6-8-9(13)4-3-5-10(8)14;2*8-4-5-6(9)2-1-3-7(5)10;7-5-2-1-3-6(8)4-5;1-3(5)4-2;1-2/h3-5,13-14H,6H2,1-2H3;2*1-3,8-10H,4H2;1-4,7-8H;1-2H3,(H,4,5);2H,1H3/p+1. The molecule has 15 nitrogen and oxygen atoms in total. The molecule has 4 aromatic rings. The third-order valence-electron chi connectivity index (χ3n) is 5.83. The van der Waals surface area contributed by atoms with Crippen LogP contribution in [0.25, 0.3) is 0 Å². The van der Waals surface area contributed by atoms with Gasteiger partial charge in [0.25, 0.3) is 0 Å². The fraction of sp³-hybridized carbons (Fsp3) is 0.235. The van der Waals surface area contributed by atoms with E-state index in [-0.39, 0.29) is 88.7 Å². The molecule has 0 heterocycles. The van der Waals surface area contributed by atoms with Crippen molar-refractivity contribution in [1.82, 2.24) is 10.2 Å². The van der Waals surface area contributed by atoms with Crippen molar-refractivity contribution in [2.45, 2.75) is 33.6 Å². The third-order valence-corrected chi connectivity index (χ3v) is 5.83. The summed E-state index contributed by atoms with van der Waals surface area (Å²) in [6, 6.07) is 19.1. The summed E-state index contributed by atoms with van der Waals surface area (Å²) in [6.07, 6.45) is 0. The normalized spacial score (nSPS) is 9.06. The van der Waals surface area contributed by atoms with Crippen molar-refractivity contribution < 1.29 is 65.8 Å². The van der Waals surface area contributed by atoms with E-state index in [2.05, 4.69) is 5.32 Å². The number of aromatic hydroxyl groups is 8. The van der Waals surface area contributed by atoms with Crippen molar-refractivity contribution in [3.8, 4) is 46.0 Å². The van der Waals surface area contributed by atoms with Crippen LogP contribution in [0.2, 0.25) is 0 Å². The summed E-state index contributed by atoms with van der Waals surface area (Å²) in [4.78, 5) is 22.0. The average molecular weight is 692 g/mol. The van der Waals surface area contributed by atoms with E-state index >= 15 is 0 Å². The Labute approximate surface area is 284 Å². The molecular formula is C34H47N2O13+. The fourth-order valence-electron chi connectivity index (χ4n) is 3.04. The molecule has 0 aliphatic carbocycles. The molecule has 0 saturated carbocycles. The van der Waals surface area contributed by atoms with Gasteiger partial charge in [0.05, 0.1) is 24.3 Å². The van der Waals surface area contributed by atoms with Gasteiger partial charge in [-0.1, -0.05) is 24.3 Å². The van der Waals surface area contributed by atoms with Crippen molar-refractivity contribution >= 4 is 11.8 Å². The van der Waals surface area contributed by atoms with Crippen LogP contribution < -0.4 is 5.32 Å². The van der Waals surface area contributed by atoms with Crippen LogP contribution in [0.5, 0.6) is 46.0 Å². The van der Waals surface area contributed by atoms with Gasteiger partial charge in [-0.05, 0) is 48.5 Å². The number of phenols is 8. The lowest BCUT2D eigenvalue weighted by molar-refractivity contribution is -0.128. The zero-order chi connectivity index (χ0) is 38.1. The highest BCUT2D eigenvalue weighted by Crippen LogP contribution is 2.28. The first-order valence-corrected chi connectivity index (χ1v) is 14.2. The second-order valence-electron chi connectivity index (χ2n) is 9.36. The molecule has 49 heavy (non-hydrogen) atoms. The Hall–Kier alpha value is -5.90. The van der Waals surface area contributed by atoms with E-state index in [0.29, 0.717) is 5.56 Å². The Bertz CT molecular complexity index is 1420. The van der Waals surface area contributed by atoms with Gasteiger partial charge in [0.15, 0.2) is 6.61 Å². The number of amides is 2. The quantitative estimate of drug-likeness (QED) is 0.138. The van der Waals surface area contributed by atoms with Crippen LogP contribution >= 0.6 is 0 Å². The molecule has 4 rings (SSSR count). The lowest BCUT2D eigenvalue weighted by Crippen LogP contribution is -2.23. The number of aliphatic hydroxyl groups excluding tert-OH is 2. The number of aliphatic hydroxyl groups is 2. The molecule has 4 aromatic carbocycles. The van der Waals surface area contributed by atoms with E-state index in [9.17, 15) is 19.8 Å². The van der Waals surface area contributed by atoms with Crippen molar-refractivity contribution in [3.05, 3.63) is 95.6 Å². The van der Waals surface area contributed by atoms with E-state index in [0.717, 1.165) is 7.11 Å². The van der Waals surface area contributed by atoms with Gasteiger partial charge in [0, 0.05) is 41.1 Å². The largest absolute Gasteiger partial charge is 0.508 e. The highest BCUT2D eigenvalue weighted by atomic mass is 16.3.